The van der Waals surface area contributed by atoms with Crippen molar-refractivity contribution in [3.63, 3.8) is 0 Å². The molecule has 0 saturated carbocycles. The fourth-order valence-corrected chi connectivity index (χ4v) is 3.75. The molecule has 0 bridgehead atoms. The SMILES string of the molecule is COc1ccccc1CCNc1ncnc2cc(N3CCNCC3)c([N+](=O)[O-])cc12. The lowest BCUT2D eigenvalue weighted by atomic mass is 10.1. The average Bonchev–Trinajstić information content (AvgIpc) is 2.79. The summed E-state index contributed by atoms with van der Waals surface area (Å²) in [6.07, 6.45) is 2.22. The van der Waals surface area contributed by atoms with Crippen molar-refractivity contribution < 1.29 is 9.66 Å². The first-order valence-corrected chi connectivity index (χ1v) is 9.92. The number of benzene rings is 2. The zero-order valence-electron chi connectivity index (χ0n) is 16.8. The molecule has 9 nitrogen and oxygen atoms in total. The largest absolute Gasteiger partial charge is 0.496 e. The van der Waals surface area contributed by atoms with Crippen molar-refractivity contribution in [2.75, 3.05) is 50.1 Å². The average molecular weight is 408 g/mol. The molecule has 0 atom stereocenters. The molecule has 1 aliphatic rings. The molecule has 0 aliphatic carbocycles. The van der Waals surface area contributed by atoms with E-state index in [0.717, 1.165) is 43.9 Å². The minimum absolute atomic E-state index is 0.0759. The van der Waals surface area contributed by atoms with Crippen LogP contribution < -0.4 is 20.3 Å². The highest BCUT2D eigenvalue weighted by molar-refractivity contribution is 5.94. The highest BCUT2D eigenvalue weighted by atomic mass is 16.6. The molecule has 2 heterocycles. The lowest BCUT2D eigenvalue weighted by molar-refractivity contribution is -0.384. The van der Waals surface area contributed by atoms with Gasteiger partial charge in [0, 0.05) is 44.2 Å². The van der Waals surface area contributed by atoms with E-state index in [0.29, 0.717) is 29.0 Å². The van der Waals surface area contributed by atoms with E-state index >= 15 is 0 Å². The predicted octanol–water partition coefficient (Wildman–Crippen LogP) is 2.61. The summed E-state index contributed by atoms with van der Waals surface area (Å²) in [5.41, 5.74) is 2.45. The number of nitrogens with one attached hydrogen (secondary N) is 2. The van der Waals surface area contributed by atoms with Gasteiger partial charge in [-0.05, 0) is 24.1 Å². The van der Waals surface area contributed by atoms with Crippen LogP contribution in [0.25, 0.3) is 10.9 Å². The van der Waals surface area contributed by atoms with Gasteiger partial charge in [0.25, 0.3) is 5.69 Å². The fraction of sp³-hybridized carbons (Fsp3) is 0.333. The highest BCUT2D eigenvalue weighted by Gasteiger charge is 2.23. The van der Waals surface area contributed by atoms with Gasteiger partial charge in [0.05, 0.1) is 17.5 Å². The zero-order chi connectivity index (χ0) is 20.9. The number of nitro groups is 1. The molecule has 1 aromatic heterocycles. The number of hydrogen-bond acceptors (Lipinski definition) is 8. The first-order valence-electron chi connectivity index (χ1n) is 9.92. The lowest BCUT2D eigenvalue weighted by Crippen LogP contribution is -2.43. The standard InChI is InChI=1S/C21H24N6O3/c1-30-20-5-3-2-4-15(20)6-7-23-21-16-12-19(27(28)29)18(13-17(16)24-14-25-21)26-10-8-22-9-11-26/h2-5,12-14,22H,6-11H2,1H3,(H,23,24,25). The summed E-state index contributed by atoms with van der Waals surface area (Å²) < 4.78 is 5.39. The number of para-hydroxylation sites is 1. The second-order valence-corrected chi connectivity index (χ2v) is 7.06. The first kappa shape index (κ1) is 19.8. The number of nitrogens with zero attached hydrogens (tertiary/aromatic N) is 4. The van der Waals surface area contributed by atoms with Gasteiger partial charge >= 0.3 is 0 Å². The van der Waals surface area contributed by atoms with Gasteiger partial charge < -0.3 is 20.3 Å². The number of piperazine rings is 1. The van der Waals surface area contributed by atoms with E-state index in [-0.39, 0.29) is 10.6 Å². The van der Waals surface area contributed by atoms with Gasteiger partial charge in [0.15, 0.2) is 0 Å². The molecular formula is C21H24N6O3. The second-order valence-electron chi connectivity index (χ2n) is 7.06. The number of anilines is 2. The van der Waals surface area contributed by atoms with Gasteiger partial charge in [-0.1, -0.05) is 18.2 Å². The number of rotatable bonds is 7. The van der Waals surface area contributed by atoms with Crippen LogP contribution in [0.1, 0.15) is 5.56 Å². The van der Waals surface area contributed by atoms with E-state index in [4.69, 9.17) is 4.74 Å². The predicted molar refractivity (Wildman–Crippen MR) is 116 cm³/mol. The summed E-state index contributed by atoms with van der Waals surface area (Å²) in [5, 5.41) is 19.0. The number of hydrogen-bond donors (Lipinski definition) is 2. The molecule has 0 unspecified atom stereocenters. The van der Waals surface area contributed by atoms with Crippen LogP contribution >= 0.6 is 0 Å². The maximum atomic E-state index is 11.8. The highest BCUT2D eigenvalue weighted by Crippen LogP contribution is 2.34. The van der Waals surface area contributed by atoms with E-state index in [1.807, 2.05) is 29.2 Å². The summed E-state index contributed by atoms with van der Waals surface area (Å²) in [7, 11) is 1.65. The molecule has 4 rings (SSSR count). The molecule has 1 aliphatic heterocycles. The minimum atomic E-state index is -0.331. The van der Waals surface area contributed by atoms with Gasteiger partial charge in [-0.25, -0.2) is 9.97 Å². The number of methoxy groups -OCH3 is 1. The second kappa shape index (κ2) is 8.91. The third-order valence-electron chi connectivity index (χ3n) is 5.27. The Labute approximate surface area is 174 Å². The third kappa shape index (κ3) is 4.11. The van der Waals surface area contributed by atoms with Crippen molar-refractivity contribution in [1.29, 1.82) is 0 Å². The Bertz CT molecular complexity index is 1050. The van der Waals surface area contributed by atoms with Crippen LogP contribution in [0.3, 0.4) is 0 Å². The minimum Gasteiger partial charge on any atom is -0.496 e. The van der Waals surface area contributed by atoms with E-state index in [2.05, 4.69) is 20.6 Å². The molecule has 2 N–H and O–H groups in total. The van der Waals surface area contributed by atoms with E-state index in [1.165, 1.54) is 6.33 Å². The van der Waals surface area contributed by atoms with Crippen molar-refractivity contribution in [1.82, 2.24) is 15.3 Å². The molecule has 0 spiro atoms. The molecule has 1 fully saturated rings. The number of ether oxygens (including phenoxy) is 1. The molecule has 3 aromatic rings. The molecule has 0 amide bonds. The van der Waals surface area contributed by atoms with Gasteiger partial charge in [-0.2, -0.15) is 0 Å². The zero-order valence-corrected chi connectivity index (χ0v) is 16.8. The number of aromatic nitrogens is 2. The summed E-state index contributed by atoms with van der Waals surface area (Å²) in [5.74, 6) is 1.42. The smallest absolute Gasteiger partial charge is 0.293 e. The quantitative estimate of drug-likeness (QED) is 0.454. The van der Waals surface area contributed by atoms with Crippen molar-refractivity contribution in [2.45, 2.75) is 6.42 Å². The van der Waals surface area contributed by atoms with Gasteiger partial charge in [0.1, 0.15) is 23.6 Å². The summed E-state index contributed by atoms with van der Waals surface area (Å²) in [6, 6.07) is 11.2. The lowest BCUT2D eigenvalue weighted by Gasteiger charge is -2.29. The van der Waals surface area contributed by atoms with Crippen LogP contribution in [-0.4, -0.2) is 54.7 Å². The van der Waals surface area contributed by atoms with Crippen molar-refractivity contribution >= 4 is 28.1 Å². The van der Waals surface area contributed by atoms with Gasteiger partial charge in [0.2, 0.25) is 0 Å². The van der Waals surface area contributed by atoms with Crippen LogP contribution in [0.15, 0.2) is 42.7 Å². The van der Waals surface area contributed by atoms with Crippen LogP contribution in [0.5, 0.6) is 5.75 Å². The summed E-state index contributed by atoms with van der Waals surface area (Å²) in [4.78, 5) is 22.2. The Balaban J connectivity index is 1.61. The van der Waals surface area contributed by atoms with Crippen LogP contribution in [-0.2, 0) is 6.42 Å². The maximum Gasteiger partial charge on any atom is 0.293 e. The Morgan fingerprint density at radius 1 is 1.23 bits per heavy atom. The molecule has 1 saturated heterocycles. The topological polar surface area (TPSA) is 105 Å². The Morgan fingerprint density at radius 3 is 2.80 bits per heavy atom. The molecule has 30 heavy (non-hydrogen) atoms. The summed E-state index contributed by atoms with van der Waals surface area (Å²) in [6.45, 7) is 3.66. The van der Waals surface area contributed by atoms with Gasteiger partial charge in [-0.3, -0.25) is 10.1 Å². The number of nitro benzene ring substituents is 1. The molecule has 9 heteroatoms. The van der Waals surface area contributed by atoms with Crippen LogP contribution in [0, 0.1) is 10.1 Å². The third-order valence-corrected chi connectivity index (χ3v) is 5.27. The monoisotopic (exact) mass is 408 g/mol. The molecule has 156 valence electrons. The normalized spacial score (nSPS) is 14.0. The van der Waals surface area contributed by atoms with E-state index in [9.17, 15) is 10.1 Å². The van der Waals surface area contributed by atoms with Crippen molar-refractivity contribution in [3.05, 3.63) is 58.4 Å². The Kier molecular flexibility index (Phi) is 5.89. The molecule has 0 radical (unpaired) electrons. The summed E-state index contributed by atoms with van der Waals surface area (Å²) >= 11 is 0. The van der Waals surface area contributed by atoms with Gasteiger partial charge in [-0.15, -0.1) is 0 Å². The molecule has 2 aromatic carbocycles. The Hall–Kier alpha value is -3.46. The van der Waals surface area contributed by atoms with Crippen molar-refractivity contribution in [3.8, 4) is 5.75 Å². The maximum absolute atomic E-state index is 11.8. The molecular weight excluding hydrogens is 384 g/mol. The van der Waals surface area contributed by atoms with Crippen LogP contribution in [0.4, 0.5) is 17.2 Å². The first-order chi connectivity index (χ1) is 14.7. The van der Waals surface area contributed by atoms with E-state index < -0.39 is 0 Å². The van der Waals surface area contributed by atoms with E-state index in [1.54, 1.807) is 19.2 Å². The van der Waals surface area contributed by atoms with Crippen LogP contribution in [0.2, 0.25) is 0 Å². The fourth-order valence-electron chi connectivity index (χ4n) is 3.75. The van der Waals surface area contributed by atoms with Crippen molar-refractivity contribution in [2.24, 2.45) is 0 Å². The number of fused-ring (bicyclic) bond motifs is 1. The Morgan fingerprint density at radius 2 is 2.03 bits per heavy atom.